The molecule has 2 unspecified atom stereocenters. The Kier molecular flexibility index (Phi) is 6.30. The van der Waals surface area contributed by atoms with Gasteiger partial charge in [0.15, 0.2) is 0 Å². The third kappa shape index (κ3) is 4.26. The Bertz CT molecular complexity index is 1070. The number of aromatic hydroxyl groups is 1. The lowest BCUT2D eigenvalue weighted by Gasteiger charge is -2.21. The molecule has 166 valence electrons. The predicted molar refractivity (Wildman–Crippen MR) is 119 cm³/mol. The van der Waals surface area contributed by atoms with Gasteiger partial charge in [0, 0.05) is 24.1 Å². The number of phenolic OH excluding ortho intramolecular Hbond substituents is 1. The predicted octanol–water partition coefficient (Wildman–Crippen LogP) is 3.33. The summed E-state index contributed by atoms with van der Waals surface area (Å²) in [4.78, 5) is 12.3. The average Bonchev–Trinajstić information content (AvgIpc) is 3.14. The molecule has 0 fully saturated rings. The molecule has 0 heterocycles. The summed E-state index contributed by atoms with van der Waals surface area (Å²) in [6.07, 6.45) is -3.30. The standard InChI is InChI=1S/C25H25NO6/c1-31-23-12-15(27)10-11-20(23)24(29)22(28)13-26-25(30)32-14-21-18-8-4-2-6-16(18)17-7-3-5-9-19(17)21/h2-12,21-22,24,27-29H,13-14H2,1H3,(H,26,30). The topological polar surface area (TPSA) is 108 Å². The van der Waals surface area contributed by atoms with Gasteiger partial charge >= 0.3 is 6.09 Å². The zero-order chi connectivity index (χ0) is 22.7. The first kappa shape index (κ1) is 21.7. The Morgan fingerprint density at radius 2 is 1.62 bits per heavy atom. The van der Waals surface area contributed by atoms with Crippen LogP contribution in [0.4, 0.5) is 4.79 Å². The number of nitrogens with one attached hydrogen (secondary N) is 1. The fraction of sp³-hybridized carbons (Fsp3) is 0.240. The fourth-order valence-corrected chi connectivity index (χ4v) is 4.10. The van der Waals surface area contributed by atoms with Crippen molar-refractivity contribution in [2.75, 3.05) is 20.3 Å². The molecule has 4 rings (SSSR count). The highest BCUT2D eigenvalue weighted by Gasteiger charge is 2.29. The van der Waals surface area contributed by atoms with Crippen LogP contribution in [0.1, 0.15) is 28.7 Å². The second-order valence-corrected chi connectivity index (χ2v) is 7.64. The molecule has 0 radical (unpaired) electrons. The Morgan fingerprint density at radius 1 is 1.00 bits per heavy atom. The first-order chi connectivity index (χ1) is 15.5. The van der Waals surface area contributed by atoms with Crippen molar-refractivity contribution in [3.63, 3.8) is 0 Å². The minimum atomic E-state index is -1.32. The number of fused-ring (bicyclic) bond motifs is 3. The van der Waals surface area contributed by atoms with Crippen molar-refractivity contribution in [2.45, 2.75) is 18.1 Å². The maximum Gasteiger partial charge on any atom is 0.407 e. The van der Waals surface area contributed by atoms with Gasteiger partial charge in [0.05, 0.1) is 7.11 Å². The molecular formula is C25H25NO6. The molecule has 2 atom stereocenters. The summed E-state index contributed by atoms with van der Waals surface area (Å²) in [5, 5.41) is 32.8. The van der Waals surface area contributed by atoms with E-state index in [0.717, 1.165) is 22.3 Å². The summed E-state index contributed by atoms with van der Waals surface area (Å²) in [7, 11) is 1.40. The number of hydrogen-bond acceptors (Lipinski definition) is 6. The first-order valence-corrected chi connectivity index (χ1v) is 10.3. The van der Waals surface area contributed by atoms with E-state index in [1.165, 1.54) is 25.3 Å². The van der Waals surface area contributed by atoms with Crippen molar-refractivity contribution < 1.29 is 29.6 Å². The van der Waals surface area contributed by atoms with Crippen LogP contribution in [0.5, 0.6) is 11.5 Å². The van der Waals surface area contributed by atoms with Gasteiger partial charge in [-0.25, -0.2) is 4.79 Å². The van der Waals surface area contributed by atoms with E-state index in [1.807, 2.05) is 36.4 Å². The molecular weight excluding hydrogens is 410 g/mol. The maximum atomic E-state index is 12.3. The summed E-state index contributed by atoms with van der Waals surface area (Å²) in [6, 6.07) is 20.3. The quantitative estimate of drug-likeness (QED) is 0.453. The monoisotopic (exact) mass is 435 g/mol. The van der Waals surface area contributed by atoms with Crippen LogP contribution in [0, 0.1) is 0 Å². The number of methoxy groups -OCH3 is 1. The zero-order valence-electron chi connectivity index (χ0n) is 17.6. The molecule has 0 aromatic heterocycles. The van der Waals surface area contributed by atoms with Crippen LogP contribution >= 0.6 is 0 Å². The van der Waals surface area contributed by atoms with E-state index in [4.69, 9.17) is 9.47 Å². The number of carbonyl (C=O) groups is 1. The van der Waals surface area contributed by atoms with Crippen LogP contribution in [0.25, 0.3) is 11.1 Å². The Morgan fingerprint density at radius 3 is 2.25 bits per heavy atom. The van der Waals surface area contributed by atoms with E-state index in [1.54, 1.807) is 0 Å². The highest BCUT2D eigenvalue weighted by molar-refractivity contribution is 5.79. The number of hydrogen-bond donors (Lipinski definition) is 4. The van der Waals surface area contributed by atoms with Crippen molar-refractivity contribution >= 4 is 6.09 Å². The Balaban J connectivity index is 1.35. The van der Waals surface area contributed by atoms with Crippen molar-refractivity contribution in [3.05, 3.63) is 83.4 Å². The van der Waals surface area contributed by atoms with E-state index in [-0.39, 0.29) is 30.6 Å². The third-order valence-electron chi connectivity index (χ3n) is 5.70. The van der Waals surface area contributed by atoms with Gasteiger partial charge in [-0.05, 0) is 34.4 Å². The van der Waals surface area contributed by atoms with Crippen molar-refractivity contribution in [3.8, 4) is 22.6 Å². The fourth-order valence-electron chi connectivity index (χ4n) is 4.10. The molecule has 32 heavy (non-hydrogen) atoms. The average molecular weight is 435 g/mol. The van der Waals surface area contributed by atoms with Gasteiger partial charge in [0.1, 0.15) is 30.3 Å². The lowest BCUT2D eigenvalue weighted by Crippen LogP contribution is -2.36. The molecule has 0 saturated carbocycles. The number of phenols is 1. The summed E-state index contributed by atoms with van der Waals surface area (Å²) < 4.78 is 10.6. The van der Waals surface area contributed by atoms with Crippen LogP contribution < -0.4 is 10.1 Å². The summed E-state index contributed by atoms with van der Waals surface area (Å²) in [5.74, 6) is 0.145. The first-order valence-electron chi connectivity index (χ1n) is 10.3. The molecule has 7 nitrogen and oxygen atoms in total. The van der Waals surface area contributed by atoms with Crippen LogP contribution in [-0.4, -0.2) is 47.8 Å². The number of alkyl carbamates (subject to hydrolysis) is 1. The highest BCUT2D eigenvalue weighted by Crippen LogP contribution is 2.44. The highest BCUT2D eigenvalue weighted by atomic mass is 16.5. The second-order valence-electron chi connectivity index (χ2n) is 7.64. The number of aliphatic hydroxyl groups excluding tert-OH is 2. The molecule has 3 aromatic carbocycles. The normalized spacial score (nSPS) is 14.2. The maximum absolute atomic E-state index is 12.3. The molecule has 4 N–H and O–H groups in total. The van der Waals surface area contributed by atoms with E-state index in [0.29, 0.717) is 5.56 Å². The SMILES string of the molecule is COc1cc(O)ccc1C(O)C(O)CNC(=O)OCC1c2ccccc2-c2ccccc21. The van der Waals surface area contributed by atoms with E-state index < -0.39 is 18.3 Å². The molecule has 1 amide bonds. The van der Waals surface area contributed by atoms with Gasteiger partial charge in [-0.3, -0.25) is 0 Å². The lowest BCUT2D eigenvalue weighted by molar-refractivity contribution is 0.0172. The molecule has 0 spiro atoms. The number of amides is 1. The Hall–Kier alpha value is -3.55. The molecule has 0 aliphatic heterocycles. The Labute approximate surface area is 185 Å². The number of aliphatic hydroxyl groups is 2. The smallest absolute Gasteiger partial charge is 0.407 e. The van der Waals surface area contributed by atoms with Crippen LogP contribution in [0.15, 0.2) is 66.7 Å². The van der Waals surface area contributed by atoms with Gasteiger partial charge < -0.3 is 30.1 Å². The number of benzene rings is 3. The zero-order valence-corrected chi connectivity index (χ0v) is 17.6. The van der Waals surface area contributed by atoms with Gasteiger partial charge in [0.25, 0.3) is 0 Å². The van der Waals surface area contributed by atoms with Gasteiger partial charge in [-0.15, -0.1) is 0 Å². The van der Waals surface area contributed by atoms with Crippen LogP contribution in [0.2, 0.25) is 0 Å². The summed E-state index contributed by atoms with van der Waals surface area (Å²) >= 11 is 0. The molecule has 3 aromatic rings. The molecule has 1 aliphatic rings. The number of ether oxygens (including phenoxy) is 2. The van der Waals surface area contributed by atoms with Crippen molar-refractivity contribution in [1.29, 1.82) is 0 Å². The number of carbonyl (C=O) groups excluding carboxylic acids is 1. The number of rotatable bonds is 7. The van der Waals surface area contributed by atoms with Crippen molar-refractivity contribution in [2.24, 2.45) is 0 Å². The molecule has 1 aliphatic carbocycles. The lowest BCUT2D eigenvalue weighted by atomic mass is 9.98. The minimum absolute atomic E-state index is 0.0240. The summed E-state index contributed by atoms with van der Waals surface area (Å²) in [6.45, 7) is -0.0633. The van der Waals surface area contributed by atoms with Crippen LogP contribution in [0.3, 0.4) is 0 Å². The molecule has 0 bridgehead atoms. The van der Waals surface area contributed by atoms with E-state index in [9.17, 15) is 20.1 Å². The van der Waals surface area contributed by atoms with Gasteiger partial charge in [-0.1, -0.05) is 48.5 Å². The van der Waals surface area contributed by atoms with Gasteiger partial charge in [0.2, 0.25) is 0 Å². The van der Waals surface area contributed by atoms with Crippen molar-refractivity contribution in [1.82, 2.24) is 5.32 Å². The third-order valence-corrected chi connectivity index (χ3v) is 5.70. The van der Waals surface area contributed by atoms with Crippen LogP contribution in [-0.2, 0) is 4.74 Å². The minimum Gasteiger partial charge on any atom is -0.508 e. The molecule has 7 heteroatoms. The van der Waals surface area contributed by atoms with Gasteiger partial charge in [-0.2, -0.15) is 0 Å². The largest absolute Gasteiger partial charge is 0.508 e. The van der Waals surface area contributed by atoms with E-state index >= 15 is 0 Å². The van der Waals surface area contributed by atoms with E-state index in [2.05, 4.69) is 17.4 Å². The summed E-state index contributed by atoms with van der Waals surface area (Å²) in [5.41, 5.74) is 4.79. The second kappa shape index (κ2) is 9.30. The molecule has 0 saturated heterocycles.